The summed E-state index contributed by atoms with van der Waals surface area (Å²) in [5.41, 5.74) is 1.38. The Kier molecular flexibility index (Phi) is 6.68. The topological polar surface area (TPSA) is 44.8 Å². The van der Waals surface area contributed by atoms with E-state index in [1.165, 1.54) is 0 Å². The molecule has 0 bridgehead atoms. The normalized spacial score (nSPS) is 10.5. The lowest BCUT2D eigenvalue weighted by Crippen LogP contribution is -2.14. The van der Waals surface area contributed by atoms with Crippen LogP contribution in [0, 0.1) is 0 Å². The summed E-state index contributed by atoms with van der Waals surface area (Å²) in [5, 5.41) is 0. The molecule has 0 aliphatic rings. The Bertz CT molecular complexity index is 903. The van der Waals surface area contributed by atoms with Crippen LogP contribution in [0.3, 0.4) is 0 Å². The molecule has 0 saturated carbocycles. The molecule has 0 aromatic heterocycles. The summed E-state index contributed by atoms with van der Waals surface area (Å²) >= 11 is 0. The maximum Gasteiger partial charge on any atom is 0.347 e. The van der Waals surface area contributed by atoms with E-state index < -0.39 is 5.97 Å². The van der Waals surface area contributed by atoms with E-state index in [1.807, 2.05) is 60.7 Å². The predicted molar refractivity (Wildman–Crippen MR) is 109 cm³/mol. The van der Waals surface area contributed by atoms with Gasteiger partial charge in [0.05, 0.1) is 0 Å². The Morgan fingerprint density at radius 3 is 2.11 bits per heavy atom. The van der Waals surface area contributed by atoms with E-state index in [-0.39, 0.29) is 5.92 Å². The average molecular weight is 376 g/mol. The number of hydrogen-bond acceptors (Lipinski definition) is 4. The third-order valence-electron chi connectivity index (χ3n) is 4.20. The predicted octanol–water partition coefficient (Wildman–Crippen LogP) is 5.49. The zero-order chi connectivity index (χ0) is 19.8. The van der Waals surface area contributed by atoms with Gasteiger partial charge in [-0.05, 0) is 41.8 Å². The second-order valence-corrected chi connectivity index (χ2v) is 6.59. The van der Waals surface area contributed by atoms with Gasteiger partial charge >= 0.3 is 5.97 Å². The Morgan fingerprint density at radius 2 is 1.36 bits per heavy atom. The van der Waals surface area contributed by atoms with Crippen LogP contribution in [0.5, 0.6) is 17.2 Å². The fraction of sp³-hybridized carbons (Fsp3) is 0.208. The summed E-state index contributed by atoms with van der Waals surface area (Å²) in [7, 11) is 0. The molecule has 0 N–H and O–H groups in total. The average Bonchev–Trinajstić information content (AvgIpc) is 2.72. The summed E-state index contributed by atoms with van der Waals surface area (Å²) in [6.45, 7) is 4.83. The van der Waals surface area contributed by atoms with Gasteiger partial charge in [-0.2, -0.15) is 0 Å². The lowest BCUT2D eigenvalue weighted by molar-refractivity contribution is 0.0727. The van der Waals surface area contributed by atoms with Crippen LogP contribution in [0.1, 0.15) is 35.7 Å². The number of hydrogen-bond donors (Lipinski definition) is 0. The number of carbonyl (C=O) groups excluding carboxylic acids is 1. The molecule has 0 saturated heterocycles. The van der Waals surface area contributed by atoms with Crippen LogP contribution in [0.25, 0.3) is 0 Å². The molecule has 3 aromatic rings. The van der Waals surface area contributed by atoms with Crippen molar-refractivity contribution in [1.82, 2.24) is 0 Å². The highest BCUT2D eigenvalue weighted by molar-refractivity contribution is 5.94. The van der Waals surface area contributed by atoms with Gasteiger partial charge in [0.1, 0.15) is 36.0 Å². The molecule has 0 amide bonds. The van der Waals surface area contributed by atoms with E-state index in [1.54, 1.807) is 18.2 Å². The summed E-state index contributed by atoms with van der Waals surface area (Å²) < 4.78 is 17.1. The molecule has 3 rings (SSSR count). The molecule has 0 aliphatic carbocycles. The van der Waals surface area contributed by atoms with Crippen molar-refractivity contribution in [2.24, 2.45) is 0 Å². The zero-order valence-electron chi connectivity index (χ0n) is 16.1. The lowest BCUT2D eigenvalue weighted by Gasteiger charge is -2.14. The van der Waals surface area contributed by atoms with Crippen LogP contribution in [-0.4, -0.2) is 19.2 Å². The van der Waals surface area contributed by atoms with E-state index in [2.05, 4.69) is 13.8 Å². The largest absolute Gasteiger partial charge is 0.490 e. The van der Waals surface area contributed by atoms with Gasteiger partial charge in [-0.25, -0.2) is 4.79 Å². The van der Waals surface area contributed by atoms with Crippen molar-refractivity contribution in [3.63, 3.8) is 0 Å². The first-order valence-corrected chi connectivity index (χ1v) is 9.36. The third-order valence-corrected chi connectivity index (χ3v) is 4.20. The summed E-state index contributed by atoms with van der Waals surface area (Å²) in [5.74, 6) is 1.65. The quantitative estimate of drug-likeness (QED) is 0.296. The van der Waals surface area contributed by atoms with Gasteiger partial charge in [0.25, 0.3) is 0 Å². The fourth-order valence-corrected chi connectivity index (χ4v) is 2.79. The minimum atomic E-state index is -0.437. The van der Waals surface area contributed by atoms with Gasteiger partial charge in [-0.15, -0.1) is 0 Å². The Morgan fingerprint density at radius 1 is 0.750 bits per heavy atom. The Balaban J connectivity index is 1.64. The molecule has 0 fully saturated rings. The second kappa shape index (κ2) is 9.60. The van der Waals surface area contributed by atoms with Crippen molar-refractivity contribution >= 4 is 5.97 Å². The number of benzene rings is 3. The van der Waals surface area contributed by atoms with Crippen molar-refractivity contribution in [3.05, 3.63) is 90.0 Å². The molecule has 0 atom stereocenters. The van der Waals surface area contributed by atoms with Crippen LogP contribution < -0.4 is 14.2 Å². The Labute approximate surface area is 165 Å². The van der Waals surface area contributed by atoms with Gasteiger partial charge in [-0.3, -0.25) is 0 Å². The zero-order valence-corrected chi connectivity index (χ0v) is 16.1. The van der Waals surface area contributed by atoms with Crippen molar-refractivity contribution in [2.45, 2.75) is 19.8 Å². The first kappa shape index (κ1) is 19.5. The lowest BCUT2D eigenvalue weighted by atomic mass is 10.0. The number of carbonyl (C=O) groups is 1. The molecule has 4 nitrogen and oxygen atoms in total. The fourth-order valence-electron chi connectivity index (χ4n) is 2.79. The molecule has 0 radical (unpaired) electrons. The van der Waals surface area contributed by atoms with Crippen LogP contribution in [0.15, 0.2) is 78.9 Å². The van der Waals surface area contributed by atoms with E-state index in [0.717, 1.165) is 11.3 Å². The summed E-state index contributed by atoms with van der Waals surface area (Å²) in [6.07, 6.45) is 0. The van der Waals surface area contributed by atoms with E-state index >= 15 is 0 Å². The highest BCUT2D eigenvalue weighted by Gasteiger charge is 2.17. The van der Waals surface area contributed by atoms with Crippen LogP contribution in [0.2, 0.25) is 0 Å². The highest BCUT2D eigenvalue weighted by atomic mass is 16.5. The summed E-state index contributed by atoms with van der Waals surface area (Å²) in [4.78, 5) is 12.7. The molecule has 0 unspecified atom stereocenters. The number of ether oxygens (including phenoxy) is 3. The van der Waals surface area contributed by atoms with Crippen molar-refractivity contribution in [1.29, 1.82) is 0 Å². The number of rotatable bonds is 8. The minimum Gasteiger partial charge on any atom is -0.490 e. The van der Waals surface area contributed by atoms with Crippen molar-refractivity contribution in [2.75, 3.05) is 13.2 Å². The van der Waals surface area contributed by atoms with Gasteiger partial charge < -0.3 is 14.2 Å². The van der Waals surface area contributed by atoms with E-state index in [4.69, 9.17) is 14.2 Å². The smallest absolute Gasteiger partial charge is 0.347 e. The monoisotopic (exact) mass is 376 g/mol. The molecule has 0 aliphatic heterocycles. The molecular weight excluding hydrogens is 352 g/mol. The van der Waals surface area contributed by atoms with Crippen LogP contribution >= 0.6 is 0 Å². The Hall–Kier alpha value is -3.27. The molecule has 0 spiro atoms. The highest BCUT2D eigenvalue weighted by Crippen LogP contribution is 2.28. The summed E-state index contributed by atoms with van der Waals surface area (Å²) in [6, 6.07) is 24.2. The first-order valence-electron chi connectivity index (χ1n) is 9.36. The number of esters is 1. The van der Waals surface area contributed by atoms with Gasteiger partial charge in [0, 0.05) is 0 Å². The molecule has 28 heavy (non-hydrogen) atoms. The molecule has 144 valence electrons. The van der Waals surface area contributed by atoms with Crippen molar-refractivity contribution < 1.29 is 19.0 Å². The molecule has 0 heterocycles. The van der Waals surface area contributed by atoms with Crippen molar-refractivity contribution in [3.8, 4) is 17.2 Å². The maximum absolute atomic E-state index is 12.7. The number of para-hydroxylation sites is 3. The first-order chi connectivity index (χ1) is 13.6. The second-order valence-electron chi connectivity index (χ2n) is 6.59. The third kappa shape index (κ3) is 5.13. The standard InChI is InChI=1S/C24H24O4/c1-18(2)20-12-6-9-15-23(20)28-24(25)21-13-7-8-14-22(21)27-17-16-26-19-10-4-3-5-11-19/h3-15,18H,16-17H2,1-2H3. The van der Waals surface area contributed by atoms with Crippen LogP contribution in [-0.2, 0) is 0 Å². The van der Waals surface area contributed by atoms with Gasteiger partial charge in [0.2, 0.25) is 0 Å². The van der Waals surface area contributed by atoms with Gasteiger partial charge in [0.15, 0.2) is 0 Å². The van der Waals surface area contributed by atoms with E-state index in [0.29, 0.717) is 30.3 Å². The SMILES string of the molecule is CC(C)c1ccccc1OC(=O)c1ccccc1OCCOc1ccccc1. The van der Waals surface area contributed by atoms with Gasteiger partial charge in [-0.1, -0.05) is 62.4 Å². The maximum atomic E-state index is 12.7. The minimum absolute atomic E-state index is 0.255. The van der Waals surface area contributed by atoms with E-state index in [9.17, 15) is 4.79 Å². The van der Waals surface area contributed by atoms with Crippen LogP contribution in [0.4, 0.5) is 0 Å². The molecule has 3 aromatic carbocycles. The molecular formula is C24H24O4. The molecule has 4 heteroatoms.